The maximum Gasteiger partial charge on any atom is 0.200 e. The normalized spacial score (nSPS) is 9.47. The molecule has 15 heavy (non-hydrogen) atoms. The van der Waals surface area contributed by atoms with Gasteiger partial charge in [-0.1, -0.05) is 38.1 Å². The van der Waals surface area contributed by atoms with Crippen LogP contribution in [0.5, 0.6) is 17.2 Å². The van der Waals surface area contributed by atoms with E-state index >= 15 is 0 Å². The van der Waals surface area contributed by atoms with Gasteiger partial charge in [-0.15, -0.1) is 0 Å². The zero-order valence-corrected chi connectivity index (χ0v) is 8.73. The molecule has 0 bridgehead atoms. The summed E-state index contributed by atoms with van der Waals surface area (Å²) < 4.78 is 0. The van der Waals surface area contributed by atoms with Crippen LogP contribution in [-0.2, 0) is 0 Å². The molecular formula is C12H14O3. The second kappa shape index (κ2) is 4.55. The van der Waals surface area contributed by atoms with Gasteiger partial charge < -0.3 is 15.3 Å². The third-order valence-corrected chi connectivity index (χ3v) is 1.98. The van der Waals surface area contributed by atoms with Gasteiger partial charge in [-0.2, -0.15) is 0 Å². The molecule has 0 aliphatic carbocycles. The Morgan fingerprint density at radius 1 is 0.867 bits per heavy atom. The van der Waals surface area contributed by atoms with Crippen LogP contribution in [0.3, 0.4) is 0 Å². The van der Waals surface area contributed by atoms with Gasteiger partial charge in [0, 0.05) is 5.39 Å². The Bertz CT molecular complexity index is 464. The van der Waals surface area contributed by atoms with E-state index in [1.807, 2.05) is 13.8 Å². The van der Waals surface area contributed by atoms with Crippen LogP contribution in [0.1, 0.15) is 13.8 Å². The Hall–Kier alpha value is -1.90. The number of hydrogen-bond acceptors (Lipinski definition) is 3. The third kappa shape index (κ3) is 1.96. The van der Waals surface area contributed by atoms with Gasteiger partial charge in [0.1, 0.15) is 0 Å². The molecule has 80 valence electrons. The lowest BCUT2D eigenvalue weighted by atomic mass is 10.1. The first-order chi connectivity index (χ1) is 7.20. The first-order valence-corrected chi connectivity index (χ1v) is 4.83. The largest absolute Gasteiger partial charge is 0.504 e. The standard InChI is InChI=1S/C10H8O3.C2H6/c11-8-5-6-3-1-2-4-7(6)9(12)10(8)13;1-2/h1-5,11-13H;1-2H3. The molecule has 0 amide bonds. The summed E-state index contributed by atoms with van der Waals surface area (Å²) in [6.07, 6.45) is 0. The Kier molecular flexibility index (Phi) is 3.39. The van der Waals surface area contributed by atoms with Crippen LogP contribution >= 0.6 is 0 Å². The minimum absolute atomic E-state index is 0.282. The molecule has 0 atom stereocenters. The van der Waals surface area contributed by atoms with Crippen LogP contribution < -0.4 is 0 Å². The van der Waals surface area contributed by atoms with E-state index in [-0.39, 0.29) is 11.5 Å². The van der Waals surface area contributed by atoms with Crippen molar-refractivity contribution in [2.75, 3.05) is 0 Å². The third-order valence-electron chi connectivity index (χ3n) is 1.98. The van der Waals surface area contributed by atoms with Gasteiger partial charge in [-0.05, 0) is 11.5 Å². The van der Waals surface area contributed by atoms with Crippen LogP contribution in [0.15, 0.2) is 30.3 Å². The van der Waals surface area contributed by atoms with E-state index in [9.17, 15) is 15.3 Å². The summed E-state index contributed by atoms with van der Waals surface area (Å²) in [7, 11) is 0. The van der Waals surface area contributed by atoms with E-state index in [1.54, 1.807) is 24.3 Å². The van der Waals surface area contributed by atoms with Gasteiger partial charge in [0.25, 0.3) is 0 Å². The zero-order chi connectivity index (χ0) is 11.4. The molecule has 2 aromatic carbocycles. The Morgan fingerprint density at radius 2 is 1.47 bits per heavy atom. The molecule has 0 heterocycles. The molecule has 0 radical (unpaired) electrons. The van der Waals surface area contributed by atoms with Crippen LogP contribution in [0.25, 0.3) is 10.8 Å². The molecule has 2 rings (SSSR count). The average molecular weight is 206 g/mol. The highest BCUT2D eigenvalue weighted by molar-refractivity contribution is 5.92. The molecule has 0 unspecified atom stereocenters. The van der Waals surface area contributed by atoms with Crippen molar-refractivity contribution in [3.05, 3.63) is 30.3 Å². The van der Waals surface area contributed by atoms with Gasteiger partial charge in [0.05, 0.1) is 0 Å². The van der Waals surface area contributed by atoms with Crippen molar-refractivity contribution in [3.63, 3.8) is 0 Å². The fraction of sp³-hybridized carbons (Fsp3) is 0.167. The molecule has 0 aliphatic heterocycles. The van der Waals surface area contributed by atoms with Crippen LogP contribution in [0.4, 0.5) is 0 Å². The highest BCUT2D eigenvalue weighted by atomic mass is 16.3. The predicted molar refractivity (Wildman–Crippen MR) is 60.3 cm³/mol. The van der Waals surface area contributed by atoms with Gasteiger partial charge in [-0.25, -0.2) is 0 Å². The van der Waals surface area contributed by atoms with Crippen LogP contribution in [-0.4, -0.2) is 15.3 Å². The monoisotopic (exact) mass is 206 g/mol. The van der Waals surface area contributed by atoms with Gasteiger partial charge in [0.2, 0.25) is 5.75 Å². The maximum atomic E-state index is 9.43. The van der Waals surface area contributed by atoms with Gasteiger partial charge >= 0.3 is 0 Å². The maximum absolute atomic E-state index is 9.43. The van der Waals surface area contributed by atoms with Crippen molar-refractivity contribution in [3.8, 4) is 17.2 Å². The van der Waals surface area contributed by atoms with Crippen molar-refractivity contribution in [1.29, 1.82) is 0 Å². The van der Waals surface area contributed by atoms with Crippen molar-refractivity contribution in [2.24, 2.45) is 0 Å². The highest BCUT2D eigenvalue weighted by Gasteiger charge is 2.09. The van der Waals surface area contributed by atoms with Crippen molar-refractivity contribution >= 4 is 10.8 Å². The second-order valence-corrected chi connectivity index (χ2v) is 2.81. The van der Waals surface area contributed by atoms with E-state index in [4.69, 9.17) is 0 Å². The van der Waals surface area contributed by atoms with Crippen LogP contribution in [0, 0.1) is 0 Å². The summed E-state index contributed by atoms with van der Waals surface area (Å²) >= 11 is 0. The van der Waals surface area contributed by atoms with Crippen molar-refractivity contribution in [2.45, 2.75) is 13.8 Å². The number of benzene rings is 2. The summed E-state index contributed by atoms with van der Waals surface area (Å²) in [6, 6.07) is 8.36. The topological polar surface area (TPSA) is 60.7 Å². The molecule has 2 aromatic rings. The Labute approximate surface area is 88.2 Å². The summed E-state index contributed by atoms with van der Waals surface area (Å²) in [6.45, 7) is 4.00. The van der Waals surface area contributed by atoms with Crippen molar-refractivity contribution < 1.29 is 15.3 Å². The van der Waals surface area contributed by atoms with Crippen LogP contribution in [0.2, 0.25) is 0 Å². The molecule has 3 nitrogen and oxygen atoms in total. The molecule has 3 N–H and O–H groups in total. The lowest BCUT2D eigenvalue weighted by Crippen LogP contribution is -1.76. The first kappa shape index (κ1) is 11.2. The molecule has 0 saturated carbocycles. The van der Waals surface area contributed by atoms with E-state index in [1.165, 1.54) is 6.07 Å². The molecule has 0 aromatic heterocycles. The van der Waals surface area contributed by atoms with Gasteiger partial charge in [0.15, 0.2) is 11.5 Å². The van der Waals surface area contributed by atoms with Gasteiger partial charge in [-0.3, -0.25) is 0 Å². The SMILES string of the molecule is CC.Oc1cc2ccccc2c(O)c1O. The quantitative estimate of drug-likeness (QED) is 0.581. The zero-order valence-electron chi connectivity index (χ0n) is 8.73. The number of aromatic hydroxyl groups is 3. The summed E-state index contributed by atoms with van der Waals surface area (Å²) in [5.74, 6) is -1.06. The predicted octanol–water partition coefficient (Wildman–Crippen LogP) is 2.98. The summed E-state index contributed by atoms with van der Waals surface area (Å²) in [4.78, 5) is 0. The van der Waals surface area contributed by atoms with E-state index in [0.29, 0.717) is 10.8 Å². The van der Waals surface area contributed by atoms with Crippen molar-refractivity contribution in [1.82, 2.24) is 0 Å². The van der Waals surface area contributed by atoms with E-state index in [2.05, 4.69) is 0 Å². The lowest BCUT2D eigenvalue weighted by Gasteiger charge is -2.04. The lowest BCUT2D eigenvalue weighted by molar-refractivity contribution is 0.371. The smallest absolute Gasteiger partial charge is 0.200 e. The molecular weight excluding hydrogens is 192 g/mol. The van der Waals surface area contributed by atoms with E-state index in [0.717, 1.165) is 0 Å². The molecule has 0 saturated heterocycles. The Balaban J connectivity index is 0.000000531. The number of rotatable bonds is 0. The second-order valence-electron chi connectivity index (χ2n) is 2.81. The molecule has 0 aliphatic rings. The average Bonchev–Trinajstić information content (AvgIpc) is 2.29. The fourth-order valence-corrected chi connectivity index (χ4v) is 1.30. The number of fused-ring (bicyclic) bond motifs is 1. The number of hydrogen-bond donors (Lipinski definition) is 3. The molecule has 0 spiro atoms. The first-order valence-electron chi connectivity index (χ1n) is 4.83. The van der Waals surface area contributed by atoms with E-state index < -0.39 is 5.75 Å². The number of phenolic OH excluding ortho intramolecular Hbond substituents is 3. The highest BCUT2D eigenvalue weighted by Crippen LogP contribution is 2.40. The minimum Gasteiger partial charge on any atom is -0.504 e. The minimum atomic E-state index is -0.473. The fourth-order valence-electron chi connectivity index (χ4n) is 1.30. The molecule has 0 fully saturated rings. The summed E-state index contributed by atoms with van der Waals surface area (Å²) in [5, 5.41) is 29.0. The Morgan fingerprint density at radius 3 is 2.13 bits per heavy atom. The molecule has 3 heteroatoms. The number of phenols is 3. The summed E-state index contributed by atoms with van der Waals surface area (Å²) in [5.41, 5.74) is 0.